The van der Waals surface area contributed by atoms with Crippen LogP contribution in [0, 0.1) is 11.3 Å². The molecule has 0 aliphatic carbocycles. The van der Waals surface area contributed by atoms with Crippen molar-refractivity contribution in [1.82, 2.24) is 10.2 Å². The van der Waals surface area contributed by atoms with Gasteiger partial charge < -0.3 is 15.0 Å². The van der Waals surface area contributed by atoms with Gasteiger partial charge in [0.05, 0.1) is 11.5 Å². The van der Waals surface area contributed by atoms with Crippen LogP contribution < -0.4 is 5.32 Å². The Kier molecular flexibility index (Phi) is 4.85. The Morgan fingerprint density at radius 3 is 2.89 bits per heavy atom. The largest absolute Gasteiger partial charge is 0.379 e. The lowest BCUT2D eigenvalue weighted by Gasteiger charge is -2.43. The van der Waals surface area contributed by atoms with Crippen LogP contribution in [0.4, 0.5) is 0 Å². The summed E-state index contributed by atoms with van der Waals surface area (Å²) in [5.41, 5.74) is -0.170. The number of hydrogen-bond donors (Lipinski definition) is 1. The van der Waals surface area contributed by atoms with E-state index in [4.69, 9.17) is 4.74 Å². The molecule has 1 N–H and O–H groups in total. The molecule has 0 aromatic carbocycles. The monoisotopic (exact) mass is 268 g/mol. The molecule has 0 spiro atoms. The lowest BCUT2D eigenvalue weighted by molar-refractivity contribution is -0.148. The van der Waals surface area contributed by atoms with Gasteiger partial charge in [-0.3, -0.25) is 4.79 Å². The summed E-state index contributed by atoms with van der Waals surface area (Å²) in [7, 11) is 1.76. The molecule has 2 saturated heterocycles. The minimum atomic E-state index is -0.170. The molecule has 0 aromatic heterocycles. The van der Waals surface area contributed by atoms with E-state index >= 15 is 0 Å². The fourth-order valence-electron chi connectivity index (χ4n) is 3.46. The highest BCUT2D eigenvalue weighted by atomic mass is 16.5. The standard InChI is InChI=1S/C15H28N2O2/c1-4-15(7-5-8-16-11-15)14(18)17-9-6-12(2)13(10-17)19-3/h12-13,16H,4-11H2,1-3H3. The van der Waals surface area contributed by atoms with Gasteiger partial charge in [-0.15, -0.1) is 0 Å². The fraction of sp³-hybridized carbons (Fsp3) is 0.933. The smallest absolute Gasteiger partial charge is 0.230 e. The molecule has 2 rings (SSSR count). The number of amides is 1. The number of methoxy groups -OCH3 is 1. The molecule has 1 amide bonds. The maximum Gasteiger partial charge on any atom is 0.230 e. The summed E-state index contributed by atoms with van der Waals surface area (Å²) in [6.45, 7) is 7.90. The van der Waals surface area contributed by atoms with E-state index < -0.39 is 0 Å². The Morgan fingerprint density at radius 2 is 2.32 bits per heavy atom. The summed E-state index contributed by atoms with van der Waals surface area (Å²) in [5, 5.41) is 3.40. The molecule has 2 heterocycles. The van der Waals surface area contributed by atoms with E-state index in [0.29, 0.717) is 11.8 Å². The first-order valence-corrected chi connectivity index (χ1v) is 7.66. The molecular formula is C15H28N2O2. The van der Waals surface area contributed by atoms with Gasteiger partial charge in [0.25, 0.3) is 0 Å². The Bertz CT molecular complexity index is 313. The van der Waals surface area contributed by atoms with Crippen LogP contribution in [0.5, 0.6) is 0 Å². The van der Waals surface area contributed by atoms with Gasteiger partial charge in [-0.25, -0.2) is 0 Å². The molecule has 2 aliphatic rings. The van der Waals surface area contributed by atoms with Crippen LogP contribution in [0.15, 0.2) is 0 Å². The van der Waals surface area contributed by atoms with Gasteiger partial charge in [0.2, 0.25) is 5.91 Å². The van der Waals surface area contributed by atoms with E-state index in [1.165, 1.54) is 0 Å². The number of carbonyl (C=O) groups excluding carboxylic acids is 1. The van der Waals surface area contributed by atoms with E-state index in [1.807, 2.05) is 4.90 Å². The molecule has 2 fully saturated rings. The van der Waals surface area contributed by atoms with Crippen molar-refractivity contribution < 1.29 is 9.53 Å². The minimum Gasteiger partial charge on any atom is -0.379 e. The van der Waals surface area contributed by atoms with Gasteiger partial charge >= 0.3 is 0 Å². The van der Waals surface area contributed by atoms with Crippen LogP contribution in [0.3, 0.4) is 0 Å². The van der Waals surface area contributed by atoms with Crippen molar-refractivity contribution in [3.8, 4) is 0 Å². The third kappa shape index (κ3) is 2.95. The zero-order chi connectivity index (χ0) is 13.9. The average molecular weight is 268 g/mol. The highest BCUT2D eigenvalue weighted by molar-refractivity contribution is 5.83. The van der Waals surface area contributed by atoms with Crippen molar-refractivity contribution in [3.05, 3.63) is 0 Å². The predicted molar refractivity (Wildman–Crippen MR) is 76.0 cm³/mol. The van der Waals surface area contributed by atoms with Crippen molar-refractivity contribution >= 4 is 5.91 Å². The quantitative estimate of drug-likeness (QED) is 0.846. The third-order valence-corrected chi connectivity index (χ3v) is 5.08. The maximum absolute atomic E-state index is 12.9. The molecule has 3 atom stereocenters. The molecule has 0 bridgehead atoms. The fourth-order valence-corrected chi connectivity index (χ4v) is 3.46. The first-order valence-electron chi connectivity index (χ1n) is 7.66. The minimum absolute atomic E-state index is 0.170. The van der Waals surface area contributed by atoms with Gasteiger partial charge in [0.1, 0.15) is 0 Å². The van der Waals surface area contributed by atoms with Crippen LogP contribution in [0.1, 0.15) is 39.5 Å². The second-order valence-electron chi connectivity index (χ2n) is 6.21. The van der Waals surface area contributed by atoms with E-state index in [2.05, 4.69) is 19.2 Å². The molecule has 0 radical (unpaired) electrons. The van der Waals surface area contributed by atoms with Crippen LogP contribution in [0.25, 0.3) is 0 Å². The van der Waals surface area contributed by atoms with E-state index in [1.54, 1.807) is 7.11 Å². The van der Waals surface area contributed by atoms with Crippen LogP contribution >= 0.6 is 0 Å². The highest BCUT2D eigenvalue weighted by Gasteiger charge is 2.42. The number of likely N-dealkylation sites (tertiary alicyclic amines) is 1. The summed E-state index contributed by atoms with van der Waals surface area (Å²) in [5.74, 6) is 0.896. The zero-order valence-corrected chi connectivity index (χ0v) is 12.6. The molecule has 4 heteroatoms. The Balaban J connectivity index is 2.05. The van der Waals surface area contributed by atoms with Gasteiger partial charge in [0.15, 0.2) is 0 Å². The zero-order valence-electron chi connectivity index (χ0n) is 12.6. The highest BCUT2D eigenvalue weighted by Crippen LogP contribution is 2.34. The predicted octanol–water partition coefficient (Wildman–Crippen LogP) is 1.65. The summed E-state index contributed by atoms with van der Waals surface area (Å²) < 4.78 is 5.53. The summed E-state index contributed by atoms with van der Waals surface area (Å²) >= 11 is 0. The number of piperidine rings is 2. The number of carbonyl (C=O) groups is 1. The molecule has 110 valence electrons. The van der Waals surface area contributed by atoms with Gasteiger partial charge in [-0.2, -0.15) is 0 Å². The molecule has 0 aromatic rings. The average Bonchev–Trinajstić information content (AvgIpc) is 2.47. The lowest BCUT2D eigenvalue weighted by atomic mass is 9.76. The van der Waals surface area contributed by atoms with Crippen molar-refractivity contribution in [1.29, 1.82) is 0 Å². The molecule has 4 nitrogen and oxygen atoms in total. The first kappa shape index (κ1) is 14.8. The SMILES string of the molecule is CCC1(C(=O)N2CCC(C)C(OC)C2)CCCNC1. The number of rotatable bonds is 3. The van der Waals surface area contributed by atoms with Crippen LogP contribution in [-0.2, 0) is 9.53 Å². The molecular weight excluding hydrogens is 240 g/mol. The number of ether oxygens (including phenoxy) is 1. The second-order valence-corrected chi connectivity index (χ2v) is 6.21. The number of nitrogens with zero attached hydrogens (tertiary/aromatic N) is 1. The van der Waals surface area contributed by atoms with Gasteiger partial charge in [-0.05, 0) is 38.1 Å². The van der Waals surface area contributed by atoms with Crippen molar-refractivity contribution in [2.45, 2.75) is 45.6 Å². The summed E-state index contributed by atoms with van der Waals surface area (Å²) in [6.07, 6.45) is 4.32. The van der Waals surface area contributed by atoms with Crippen molar-refractivity contribution in [2.75, 3.05) is 33.3 Å². The Hall–Kier alpha value is -0.610. The third-order valence-electron chi connectivity index (χ3n) is 5.08. The number of hydrogen-bond acceptors (Lipinski definition) is 3. The normalized spacial score (nSPS) is 36.3. The van der Waals surface area contributed by atoms with Crippen molar-refractivity contribution in [2.24, 2.45) is 11.3 Å². The molecule has 2 aliphatic heterocycles. The topological polar surface area (TPSA) is 41.6 Å². The Labute approximate surface area is 116 Å². The summed E-state index contributed by atoms with van der Waals surface area (Å²) in [4.78, 5) is 15.0. The molecule has 3 unspecified atom stereocenters. The number of nitrogens with one attached hydrogen (secondary N) is 1. The van der Waals surface area contributed by atoms with Gasteiger partial charge in [-0.1, -0.05) is 13.8 Å². The first-order chi connectivity index (χ1) is 9.13. The summed E-state index contributed by atoms with van der Waals surface area (Å²) in [6, 6.07) is 0. The van der Waals surface area contributed by atoms with E-state index in [9.17, 15) is 4.79 Å². The molecule has 0 saturated carbocycles. The van der Waals surface area contributed by atoms with E-state index in [-0.39, 0.29) is 11.5 Å². The molecule has 19 heavy (non-hydrogen) atoms. The van der Waals surface area contributed by atoms with Crippen LogP contribution in [0.2, 0.25) is 0 Å². The van der Waals surface area contributed by atoms with E-state index in [0.717, 1.165) is 51.9 Å². The Morgan fingerprint density at radius 1 is 1.53 bits per heavy atom. The van der Waals surface area contributed by atoms with Crippen LogP contribution in [-0.4, -0.2) is 50.2 Å². The maximum atomic E-state index is 12.9. The van der Waals surface area contributed by atoms with Gasteiger partial charge in [0, 0.05) is 26.7 Å². The van der Waals surface area contributed by atoms with Crippen molar-refractivity contribution in [3.63, 3.8) is 0 Å². The second kappa shape index (κ2) is 6.23. The lowest BCUT2D eigenvalue weighted by Crippen LogP contribution is -2.55.